The van der Waals surface area contributed by atoms with Crippen LogP contribution in [0.25, 0.3) is 0 Å². The molecule has 12 heteroatoms. The van der Waals surface area contributed by atoms with Crippen molar-refractivity contribution >= 4 is 25.7 Å². The Balaban J connectivity index is 4.47. The number of phosphoric acid groups is 1. The maximum absolute atomic E-state index is 12.6. The van der Waals surface area contributed by atoms with Gasteiger partial charge in [0.15, 0.2) is 6.10 Å². The fourth-order valence-corrected chi connectivity index (χ4v) is 5.77. The number of unbranched alkanes of at least 4 members (excludes halogenated alkanes) is 14. The number of carbonyl (C=O) groups is 3. The Morgan fingerprint density at radius 2 is 1.08 bits per heavy atom. The molecule has 0 spiro atoms. The van der Waals surface area contributed by atoms with Crippen LogP contribution in [0.5, 0.6) is 0 Å². The molecular weight excluding hydrogens is 685 g/mol. The summed E-state index contributed by atoms with van der Waals surface area (Å²) < 4.78 is 32.5. The predicted octanol–water partition coefficient (Wildman–Crippen LogP) is 9.83. The van der Waals surface area contributed by atoms with Crippen LogP contribution in [0.4, 0.5) is 0 Å². The molecule has 0 aromatic heterocycles. The highest BCUT2D eigenvalue weighted by atomic mass is 31.2. The summed E-state index contributed by atoms with van der Waals surface area (Å²) in [6.07, 6.45) is 37.5. The summed E-state index contributed by atoms with van der Waals surface area (Å²) in [6, 6.07) is -1.52. The molecule has 0 radical (unpaired) electrons. The molecule has 0 heterocycles. The average molecular weight is 756 g/mol. The molecule has 0 bridgehead atoms. The van der Waals surface area contributed by atoms with Gasteiger partial charge < -0.3 is 25.2 Å². The van der Waals surface area contributed by atoms with Crippen LogP contribution in [0.3, 0.4) is 0 Å². The van der Waals surface area contributed by atoms with Gasteiger partial charge in [-0.05, 0) is 51.4 Å². The molecule has 3 atom stereocenters. The molecule has 0 aliphatic rings. The zero-order valence-corrected chi connectivity index (χ0v) is 33.0. The van der Waals surface area contributed by atoms with E-state index in [0.717, 1.165) is 70.6 Å². The molecule has 4 N–H and O–H groups in total. The van der Waals surface area contributed by atoms with Gasteiger partial charge in [-0.25, -0.2) is 4.57 Å². The lowest BCUT2D eigenvalue weighted by atomic mass is 10.1. The quantitative estimate of drug-likeness (QED) is 0.0241. The summed E-state index contributed by atoms with van der Waals surface area (Å²) in [7, 11) is -4.72. The minimum absolute atomic E-state index is 0.133. The van der Waals surface area contributed by atoms with E-state index >= 15 is 0 Å². The second-order valence-electron chi connectivity index (χ2n) is 13.0. The van der Waals surface area contributed by atoms with E-state index in [1.807, 2.05) is 0 Å². The molecule has 52 heavy (non-hydrogen) atoms. The highest BCUT2D eigenvalue weighted by molar-refractivity contribution is 7.47. The molecule has 11 nitrogen and oxygen atoms in total. The van der Waals surface area contributed by atoms with E-state index in [9.17, 15) is 23.8 Å². The van der Waals surface area contributed by atoms with Crippen LogP contribution in [0.15, 0.2) is 48.6 Å². The van der Waals surface area contributed by atoms with Gasteiger partial charge in [0.2, 0.25) is 0 Å². The highest BCUT2D eigenvalue weighted by Gasteiger charge is 2.28. The second kappa shape index (κ2) is 35.5. The van der Waals surface area contributed by atoms with Gasteiger partial charge in [-0.2, -0.15) is 0 Å². The molecular formula is C40H70NO10P. The van der Waals surface area contributed by atoms with Crippen LogP contribution in [-0.4, -0.2) is 59.9 Å². The van der Waals surface area contributed by atoms with Gasteiger partial charge >= 0.3 is 25.7 Å². The molecule has 0 aromatic carbocycles. The smallest absolute Gasteiger partial charge is 0.472 e. The Morgan fingerprint density at radius 1 is 0.615 bits per heavy atom. The fourth-order valence-electron chi connectivity index (χ4n) is 5.00. The van der Waals surface area contributed by atoms with Crippen LogP contribution >= 0.6 is 7.82 Å². The van der Waals surface area contributed by atoms with Crippen molar-refractivity contribution in [2.45, 2.75) is 167 Å². The summed E-state index contributed by atoms with van der Waals surface area (Å²) >= 11 is 0. The van der Waals surface area contributed by atoms with Crippen LogP contribution in [0.2, 0.25) is 0 Å². The minimum atomic E-state index is -4.72. The van der Waals surface area contributed by atoms with Crippen LogP contribution < -0.4 is 5.73 Å². The third-order valence-electron chi connectivity index (χ3n) is 8.09. The number of nitrogens with two attached hydrogens (primary N) is 1. The van der Waals surface area contributed by atoms with E-state index < -0.39 is 51.1 Å². The van der Waals surface area contributed by atoms with Gasteiger partial charge in [0.1, 0.15) is 12.6 Å². The van der Waals surface area contributed by atoms with Gasteiger partial charge in [0, 0.05) is 12.8 Å². The third kappa shape index (κ3) is 34.5. The number of ether oxygens (including phenoxy) is 2. The summed E-state index contributed by atoms with van der Waals surface area (Å²) in [5.41, 5.74) is 5.31. The summed E-state index contributed by atoms with van der Waals surface area (Å²) in [5.74, 6) is -2.41. The normalized spacial score (nSPS) is 14.4. The van der Waals surface area contributed by atoms with E-state index in [0.29, 0.717) is 12.8 Å². The molecule has 0 aliphatic carbocycles. The Bertz CT molecular complexity index is 1070. The number of rotatable bonds is 36. The first-order chi connectivity index (χ1) is 25.1. The topological polar surface area (TPSA) is 172 Å². The zero-order valence-electron chi connectivity index (χ0n) is 32.1. The molecule has 0 amide bonds. The third-order valence-corrected chi connectivity index (χ3v) is 9.04. The number of phosphoric ester groups is 1. The number of carbonyl (C=O) groups excluding carboxylic acids is 2. The fraction of sp³-hybridized carbons (Fsp3) is 0.725. The SMILES string of the molecule is CC/C=C\C/C=C\C/C=C\C/C=C\CCCCCCC(=O)OC(COC(=O)CCCCCCCCCCCCC)COP(=O)(O)OCC(N)C(=O)O. The highest BCUT2D eigenvalue weighted by Crippen LogP contribution is 2.43. The maximum atomic E-state index is 12.6. The standard InChI is InChI=1S/C40H70NO10P/c1-3-5-7-9-11-13-15-16-17-18-19-20-22-24-26-28-30-32-39(43)51-36(34-49-52(46,47)50-35-37(41)40(44)45)33-48-38(42)31-29-27-25-23-21-14-12-10-8-6-4-2/h5,7,11,13,16-17,19-20,36-37H,3-4,6,8-10,12,14-15,18,21-35,41H2,1-2H3,(H,44,45)(H,46,47)/b7-5-,13-11-,17-16-,20-19-. The van der Waals surface area contributed by atoms with Crippen molar-refractivity contribution in [1.29, 1.82) is 0 Å². The van der Waals surface area contributed by atoms with E-state index in [1.165, 1.54) is 44.9 Å². The molecule has 0 aromatic rings. The van der Waals surface area contributed by atoms with Gasteiger partial charge in [-0.3, -0.25) is 23.4 Å². The van der Waals surface area contributed by atoms with Gasteiger partial charge in [-0.1, -0.05) is 140 Å². The van der Waals surface area contributed by atoms with Crippen molar-refractivity contribution < 1.29 is 47.5 Å². The van der Waals surface area contributed by atoms with Crippen molar-refractivity contribution in [3.63, 3.8) is 0 Å². The summed E-state index contributed by atoms with van der Waals surface area (Å²) in [6.45, 7) is 2.63. The molecule has 3 unspecified atom stereocenters. The Hall–Kier alpha value is -2.56. The summed E-state index contributed by atoms with van der Waals surface area (Å²) in [5, 5.41) is 8.86. The minimum Gasteiger partial charge on any atom is -0.480 e. The monoisotopic (exact) mass is 755 g/mol. The molecule has 0 rings (SSSR count). The Morgan fingerprint density at radius 3 is 1.62 bits per heavy atom. The largest absolute Gasteiger partial charge is 0.480 e. The lowest BCUT2D eigenvalue weighted by Gasteiger charge is -2.20. The Labute approximate surface area is 314 Å². The van der Waals surface area contributed by atoms with Crippen molar-refractivity contribution in [3.8, 4) is 0 Å². The number of hydrogen-bond acceptors (Lipinski definition) is 9. The lowest BCUT2D eigenvalue weighted by molar-refractivity contribution is -0.161. The van der Waals surface area contributed by atoms with Crippen molar-refractivity contribution in [3.05, 3.63) is 48.6 Å². The van der Waals surface area contributed by atoms with Crippen molar-refractivity contribution in [2.75, 3.05) is 19.8 Å². The summed E-state index contributed by atoms with van der Waals surface area (Å²) in [4.78, 5) is 45.8. The van der Waals surface area contributed by atoms with E-state index in [4.69, 9.17) is 24.8 Å². The van der Waals surface area contributed by atoms with E-state index in [-0.39, 0.29) is 19.4 Å². The van der Waals surface area contributed by atoms with Crippen LogP contribution in [0.1, 0.15) is 155 Å². The Kier molecular flexibility index (Phi) is 33.7. The first-order valence-electron chi connectivity index (χ1n) is 19.7. The predicted molar refractivity (Wildman–Crippen MR) is 208 cm³/mol. The first-order valence-corrected chi connectivity index (χ1v) is 21.2. The maximum Gasteiger partial charge on any atom is 0.472 e. The number of aliphatic carboxylic acids is 1. The number of esters is 2. The van der Waals surface area contributed by atoms with Gasteiger partial charge in [-0.15, -0.1) is 0 Å². The molecule has 0 saturated carbocycles. The molecule has 0 aliphatic heterocycles. The average Bonchev–Trinajstić information content (AvgIpc) is 3.12. The molecule has 0 fully saturated rings. The van der Waals surface area contributed by atoms with Crippen LogP contribution in [-0.2, 0) is 37.5 Å². The van der Waals surface area contributed by atoms with Crippen molar-refractivity contribution in [2.24, 2.45) is 5.73 Å². The van der Waals surface area contributed by atoms with Gasteiger partial charge in [0.05, 0.1) is 13.2 Å². The first kappa shape index (κ1) is 49.4. The lowest BCUT2D eigenvalue weighted by Crippen LogP contribution is -2.34. The van der Waals surface area contributed by atoms with Crippen molar-refractivity contribution in [1.82, 2.24) is 0 Å². The number of hydrogen-bond donors (Lipinski definition) is 3. The van der Waals surface area contributed by atoms with E-state index in [1.54, 1.807) is 0 Å². The molecule has 300 valence electrons. The van der Waals surface area contributed by atoms with Gasteiger partial charge in [0.25, 0.3) is 0 Å². The molecule has 0 saturated heterocycles. The van der Waals surface area contributed by atoms with E-state index in [2.05, 4.69) is 67.0 Å². The second-order valence-corrected chi connectivity index (χ2v) is 14.5. The van der Waals surface area contributed by atoms with Crippen LogP contribution in [0, 0.1) is 0 Å². The number of allylic oxidation sites excluding steroid dienone is 8. The zero-order chi connectivity index (χ0) is 38.5. The number of carboxylic acid groups (broad SMARTS) is 1. The number of carboxylic acids is 1.